The van der Waals surface area contributed by atoms with Crippen LogP contribution in [-0.4, -0.2) is 16.3 Å². The summed E-state index contributed by atoms with van der Waals surface area (Å²) in [6.45, 7) is 7.06. The lowest BCUT2D eigenvalue weighted by molar-refractivity contribution is 0.639. The molecule has 0 radical (unpaired) electrons. The molecule has 3 rings (SSSR count). The van der Waals surface area contributed by atoms with Gasteiger partial charge in [-0.25, -0.2) is 4.39 Å². The Hall–Kier alpha value is -1.90. The molecule has 0 N–H and O–H groups in total. The number of aryl methyl sites for hydroxylation is 1. The van der Waals surface area contributed by atoms with Crippen molar-refractivity contribution >= 4 is 22.2 Å². The SMILES string of the molecule is CC=C1C(=NC(C)C)CCn2c1cc1c(F)cccc12. The highest BCUT2D eigenvalue weighted by Gasteiger charge is 2.22. The predicted octanol–water partition coefficient (Wildman–Crippen LogP) is 4.44. The van der Waals surface area contributed by atoms with E-state index in [0.29, 0.717) is 5.39 Å². The zero-order chi connectivity index (χ0) is 14.3. The molecule has 0 saturated heterocycles. The van der Waals surface area contributed by atoms with Crippen LogP contribution < -0.4 is 0 Å². The van der Waals surface area contributed by atoms with Crippen molar-refractivity contribution in [2.24, 2.45) is 4.99 Å². The molecule has 2 nitrogen and oxygen atoms in total. The monoisotopic (exact) mass is 270 g/mol. The minimum atomic E-state index is -0.151. The summed E-state index contributed by atoms with van der Waals surface area (Å²) >= 11 is 0. The number of nitrogens with zero attached hydrogens (tertiary/aromatic N) is 2. The smallest absolute Gasteiger partial charge is 0.132 e. The van der Waals surface area contributed by atoms with Crippen LogP contribution in [0.2, 0.25) is 0 Å². The van der Waals surface area contributed by atoms with Gasteiger partial charge in [0.05, 0.1) is 11.2 Å². The third-order valence-electron chi connectivity index (χ3n) is 3.75. The zero-order valence-corrected chi connectivity index (χ0v) is 12.2. The molecule has 1 aliphatic heterocycles. The summed E-state index contributed by atoms with van der Waals surface area (Å²) in [5.41, 5.74) is 4.33. The summed E-state index contributed by atoms with van der Waals surface area (Å²) in [5, 5.41) is 0.702. The van der Waals surface area contributed by atoms with Crippen LogP contribution in [0.3, 0.4) is 0 Å². The van der Waals surface area contributed by atoms with Crippen LogP contribution >= 0.6 is 0 Å². The van der Waals surface area contributed by atoms with E-state index in [-0.39, 0.29) is 11.9 Å². The quantitative estimate of drug-likeness (QED) is 0.729. The Morgan fingerprint density at radius 3 is 2.85 bits per heavy atom. The second kappa shape index (κ2) is 4.89. The number of allylic oxidation sites excluding steroid dienone is 2. The summed E-state index contributed by atoms with van der Waals surface area (Å²) in [6, 6.07) is 7.52. The Kier molecular flexibility index (Phi) is 3.20. The predicted molar refractivity (Wildman–Crippen MR) is 82.7 cm³/mol. The molecule has 0 bridgehead atoms. The van der Waals surface area contributed by atoms with Crippen LogP contribution in [0.5, 0.6) is 0 Å². The average Bonchev–Trinajstić information content (AvgIpc) is 2.78. The first kappa shape index (κ1) is 13.1. The van der Waals surface area contributed by atoms with E-state index in [0.717, 1.165) is 35.5 Å². The lowest BCUT2D eigenvalue weighted by Gasteiger charge is -2.22. The first-order valence-corrected chi connectivity index (χ1v) is 7.13. The number of hydrogen-bond acceptors (Lipinski definition) is 1. The van der Waals surface area contributed by atoms with Crippen LogP contribution in [-0.2, 0) is 6.54 Å². The third-order valence-corrected chi connectivity index (χ3v) is 3.75. The Balaban J connectivity index is 2.23. The number of halogens is 1. The number of hydrogen-bond donors (Lipinski definition) is 0. The van der Waals surface area contributed by atoms with Crippen LogP contribution in [0.25, 0.3) is 16.5 Å². The molecule has 2 aromatic rings. The summed E-state index contributed by atoms with van der Waals surface area (Å²) < 4.78 is 16.1. The first-order valence-electron chi connectivity index (χ1n) is 7.13. The van der Waals surface area contributed by atoms with Gasteiger partial charge in [-0.3, -0.25) is 4.99 Å². The molecular formula is C17H19FN2. The summed E-state index contributed by atoms with van der Waals surface area (Å²) in [5.74, 6) is -0.151. The Labute approximate surface area is 118 Å². The molecule has 0 aliphatic carbocycles. The molecule has 0 fully saturated rings. The first-order chi connectivity index (χ1) is 9.61. The molecular weight excluding hydrogens is 251 g/mol. The second-order valence-electron chi connectivity index (χ2n) is 5.48. The Morgan fingerprint density at radius 2 is 2.15 bits per heavy atom. The van der Waals surface area contributed by atoms with E-state index < -0.39 is 0 Å². The van der Waals surface area contributed by atoms with E-state index in [4.69, 9.17) is 4.99 Å². The van der Waals surface area contributed by atoms with Gasteiger partial charge in [0, 0.05) is 35.7 Å². The molecule has 1 aromatic heterocycles. The van der Waals surface area contributed by atoms with Crippen LogP contribution in [0, 0.1) is 5.82 Å². The van der Waals surface area contributed by atoms with Crippen LogP contribution in [0.1, 0.15) is 32.9 Å². The van der Waals surface area contributed by atoms with Gasteiger partial charge >= 0.3 is 0 Å². The van der Waals surface area contributed by atoms with E-state index in [2.05, 4.69) is 24.5 Å². The Bertz CT molecular complexity index is 720. The number of rotatable bonds is 1. The van der Waals surface area contributed by atoms with Gasteiger partial charge in [-0.15, -0.1) is 0 Å². The number of aromatic nitrogens is 1. The molecule has 20 heavy (non-hydrogen) atoms. The van der Waals surface area contributed by atoms with Crippen molar-refractivity contribution in [1.82, 2.24) is 4.57 Å². The van der Waals surface area contributed by atoms with Crippen LogP contribution in [0.15, 0.2) is 35.3 Å². The molecule has 0 amide bonds. The standard InChI is InChI=1S/C17H19FN2/c1-4-12-15(19-11(2)3)8-9-20-16-7-5-6-14(18)13(16)10-17(12)20/h4-7,10-11H,8-9H2,1-3H3. The van der Waals surface area contributed by atoms with Gasteiger partial charge in [0.1, 0.15) is 5.82 Å². The molecule has 0 saturated carbocycles. The normalized spacial score (nSPS) is 19.2. The Morgan fingerprint density at radius 1 is 1.35 bits per heavy atom. The fourth-order valence-electron chi connectivity index (χ4n) is 2.97. The minimum absolute atomic E-state index is 0.151. The van der Waals surface area contributed by atoms with E-state index >= 15 is 0 Å². The van der Waals surface area contributed by atoms with E-state index in [1.807, 2.05) is 19.1 Å². The lowest BCUT2D eigenvalue weighted by Crippen LogP contribution is -2.18. The fourth-order valence-corrected chi connectivity index (χ4v) is 2.97. The maximum Gasteiger partial charge on any atom is 0.132 e. The lowest BCUT2D eigenvalue weighted by atomic mass is 10.00. The van der Waals surface area contributed by atoms with Gasteiger partial charge in [0.15, 0.2) is 0 Å². The maximum atomic E-state index is 13.9. The molecule has 0 spiro atoms. The van der Waals surface area contributed by atoms with Crippen molar-refractivity contribution in [3.63, 3.8) is 0 Å². The van der Waals surface area contributed by atoms with Gasteiger partial charge in [-0.1, -0.05) is 12.1 Å². The highest BCUT2D eigenvalue weighted by Crippen LogP contribution is 2.32. The number of fused-ring (bicyclic) bond motifs is 3. The van der Waals surface area contributed by atoms with Crippen molar-refractivity contribution in [2.45, 2.75) is 39.8 Å². The maximum absolute atomic E-state index is 13.9. The molecule has 2 heterocycles. The summed E-state index contributed by atoms with van der Waals surface area (Å²) in [4.78, 5) is 4.72. The van der Waals surface area contributed by atoms with E-state index in [1.54, 1.807) is 6.07 Å². The molecule has 1 aromatic carbocycles. The fraction of sp³-hybridized carbons (Fsp3) is 0.353. The highest BCUT2D eigenvalue weighted by atomic mass is 19.1. The molecule has 0 unspecified atom stereocenters. The van der Waals surface area contributed by atoms with Crippen molar-refractivity contribution in [2.75, 3.05) is 0 Å². The molecule has 1 aliphatic rings. The third kappa shape index (κ3) is 1.98. The van der Waals surface area contributed by atoms with E-state index in [9.17, 15) is 4.39 Å². The topological polar surface area (TPSA) is 17.3 Å². The van der Waals surface area contributed by atoms with Gasteiger partial charge in [-0.2, -0.15) is 0 Å². The van der Waals surface area contributed by atoms with E-state index in [1.165, 1.54) is 6.07 Å². The van der Waals surface area contributed by atoms with Crippen molar-refractivity contribution < 1.29 is 4.39 Å². The molecule has 0 atom stereocenters. The highest BCUT2D eigenvalue weighted by molar-refractivity contribution is 6.25. The second-order valence-corrected chi connectivity index (χ2v) is 5.48. The van der Waals surface area contributed by atoms with Gasteiger partial charge in [0.2, 0.25) is 0 Å². The van der Waals surface area contributed by atoms with Gasteiger partial charge in [0.25, 0.3) is 0 Å². The number of aliphatic imine (C=N–C) groups is 1. The number of benzene rings is 1. The largest absolute Gasteiger partial charge is 0.340 e. The summed E-state index contributed by atoms with van der Waals surface area (Å²) in [7, 11) is 0. The zero-order valence-electron chi connectivity index (χ0n) is 12.2. The molecule has 104 valence electrons. The molecule has 3 heteroatoms. The van der Waals surface area contributed by atoms with Crippen molar-refractivity contribution in [1.29, 1.82) is 0 Å². The summed E-state index contributed by atoms with van der Waals surface area (Å²) in [6.07, 6.45) is 2.99. The van der Waals surface area contributed by atoms with Crippen molar-refractivity contribution in [3.8, 4) is 0 Å². The van der Waals surface area contributed by atoms with Gasteiger partial charge in [-0.05, 0) is 39.0 Å². The van der Waals surface area contributed by atoms with Crippen molar-refractivity contribution in [3.05, 3.63) is 41.9 Å². The minimum Gasteiger partial charge on any atom is -0.340 e. The van der Waals surface area contributed by atoms with Gasteiger partial charge < -0.3 is 4.57 Å². The average molecular weight is 270 g/mol. The van der Waals surface area contributed by atoms with Crippen LogP contribution in [0.4, 0.5) is 4.39 Å².